The van der Waals surface area contributed by atoms with E-state index in [1.807, 2.05) is 16.8 Å². The number of unbranched alkanes of at least 4 members (excludes halogenated alkanes) is 1. The molecule has 0 N–H and O–H groups in total. The molecule has 0 unspecified atom stereocenters. The Morgan fingerprint density at radius 2 is 1.82 bits per heavy atom. The first kappa shape index (κ1) is 21.2. The van der Waals surface area contributed by atoms with Crippen molar-refractivity contribution in [1.29, 1.82) is 0 Å². The highest BCUT2D eigenvalue weighted by atomic mass is 16.5. The highest BCUT2D eigenvalue weighted by Gasteiger charge is 2.49. The van der Waals surface area contributed by atoms with E-state index in [4.69, 9.17) is 19.7 Å². The van der Waals surface area contributed by atoms with Crippen LogP contribution in [0.1, 0.15) is 48.2 Å². The Morgan fingerprint density at radius 1 is 0.941 bits per heavy atom. The molecule has 0 aromatic carbocycles. The smallest absolute Gasteiger partial charge is 0.136 e. The standard InChI is InChI=1S/C27H30N6O/c1-2-3-5-21-6-4-7-22(29-21)14-24-30-23(12-20-8-10-32-11-9-28-25(32)13-20)15-26(31-24)33-16-27(17-33)18-34-19-27/h4,6-11,13,15H,2-3,5,12,14,16-19H2,1H3. The van der Waals surface area contributed by atoms with E-state index < -0.39 is 0 Å². The third-order valence-electron chi connectivity index (χ3n) is 6.84. The number of hydrogen-bond acceptors (Lipinski definition) is 6. The second-order valence-corrected chi connectivity index (χ2v) is 9.79. The molecule has 1 spiro atoms. The predicted molar refractivity (Wildman–Crippen MR) is 131 cm³/mol. The molecule has 34 heavy (non-hydrogen) atoms. The Balaban J connectivity index is 1.27. The Hall–Kier alpha value is -3.32. The van der Waals surface area contributed by atoms with Gasteiger partial charge in [-0.15, -0.1) is 0 Å². The number of pyridine rings is 2. The highest BCUT2D eigenvalue weighted by molar-refractivity contribution is 5.47. The summed E-state index contributed by atoms with van der Waals surface area (Å²) in [6.45, 7) is 5.96. The molecule has 4 aromatic heterocycles. The van der Waals surface area contributed by atoms with Crippen molar-refractivity contribution in [1.82, 2.24) is 24.3 Å². The number of anilines is 1. The van der Waals surface area contributed by atoms with Gasteiger partial charge in [0.15, 0.2) is 0 Å². The van der Waals surface area contributed by atoms with Crippen LogP contribution in [0.25, 0.3) is 5.65 Å². The number of ether oxygens (including phenoxy) is 1. The van der Waals surface area contributed by atoms with E-state index >= 15 is 0 Å². The Kier molecular flexibility index (Phi) is 5.49. The molecule has 0 saturated carbocycles. The molecule has 2 aliphatic rings. The third kappa shape index (κ3) is 4.28. The summed E-state index contributed by atoms with van der Waals surface area (Å²) in [6.07, 6.45) is 10.6. The topological polar surface area (TPSA) is 68.4 Å². The van der Waals surface area contributed by atoms with E-state index in [2.05, 4.69) is 59.4 Å². The van der Waals surface area contributed by atoms with Crippen molar-refractivity contribution in [2.75, 3.05) is 31.2 Å². The third-order valence-corrected chi connectivity index (χ3v) is 6.84. The first-order valence-corrected chi connectivity index (χ1v) is 12.2. The summed E-state index contributed by atoms with van der Waals surface area (Å²) in [5.41, 5.74) is 5.70. The minimum Gasteiger partial charge on any atom is -0.380 e. The number of aromatic nitrogens is 5. The van der Waals surface area contributed by atoms with Gasteiger partial charge in [0.1, 0.15) is 17.3 Å². The maximum absolute atomic E-state index is 5.46. The van der Waals surface area contributed by atoms with Crippen LogP contribution in [-0.2, 0) is 24.0 Å². The summed E-state index contributed by atoms with van der Waals surface area (Å²) < 4.78 is 7.49. The largest absolute Gasteiger partial charge is 0.380 e. The van der Waals surface area contributed by atoms with Crippen molar-refractivity contribution in [3.63, 3.8) is 0 Å². The molecule has 2 saturated heterocycles. The van der Waals surface area contributed by atoms with Crippen molar-refractivity contribution in [2.24, 2.45) is 5.41 Å². The van der Waals surface area contributed by atoms with E-state index in [0.29, 0.717) is 11.8 Å². The number of aryl methyl sites for hydroxylation is 1. The van der Waals surface area contributed by atoms with Crippen molar-refractivity contribution < 1.29 is 4.74 Å². The average Bonchev–Trinajstić information content (AvgIpc) is 3.24. The maximum atomic E-state index is 5.46. The van der Waals surface area contributed by atoms with Gasteiger partial charge in [-0.1, -0.05) is 19.4 Å². The fourth-order valence-electron chi connectivity index (χ4n) is 4.93. The van der Waals surface area contributed by atoms with Crippen LogP contribution in [0.15, 0.2) is 55.0 Å². The Labute approximate surface area is 199 Å². The van der Waals surface area contributed by atoms with Crippen molar-refractivity contribution in [3.05, 3.63) is 83.5 Å². The summed E-state index contributed by atoms with van der Waals surface area (Å²) in [6, 6.07) is 12.7. The lowest BCUT2D eigenvalue weighted by Gasteiger charge is -2.55. The molecule has 0 amide bonds. The van der Waals surface area contributed by atoms with Gasteiger partial charge in [0.25, 0.3) is 0 Å². The van der Waals surface area contributed by atoms with Crippen molar-refractivity contribution in [2.45, 2.75) is 39.0 Å². The van der Waals surface area contributed by atoms with Crippen LogP contribution in [0.3, 0.4) is 0 Å². The van der Waals surface area contributed by atoms with E-state index in [-0.39, 0.29) is 0 Å². The molecule has 7 heteroatoms. The molecule has 4 aromatic rings. The van der Waals surface area contributed by atoms with Crippen LogP contribution in [0.2, 0.25) is 0 Å². The number of nitrogens with zero attached hydrogens (tertiary/aromatic N) is 6. The first-order valence-electron chi connectivity index (χ1n) is 12.2. The van der Waals surface area contributed by atoms with Crippen LogP contribution in [-0.4, -0.2) is 50.6 Å². The Morgan fingerprint density at radius 3 is 2.65 bits per heavy atom. The summed E-state index contributed by atoms with van der Waals surface area (Å²) in [5.74, 6) is 1.85. The molecule has 6 heterocycles. The van der Waals surface area contributed by atoms with E-state index in [9.17, 15) is 0 Å². The van der Waals surface area contributed by atoms with Gasteiger partial charge < -0.3 is 14.0 Å². The first-order chi connectivity index (χ1) is 16.7. The van der Waals surface area contributed by atoms with Gasteiger partial charge in [-0.3, -0.25) is 4.98 Å². The van der Waals surface area contributed by atoms with Crippen LogP contribution in [0.4, 0.5) is 5.82 Å². The number of fused-ring (bicyclic) bond motifs is 1. The van der Waals surface area contributed by atoms with Crippen LogP contribution < -0.4 is 4.90 Å². The minimum absolute atomic E-state index is 0.339. The van der Waals surface area contributed by atoms with Gasteiger partial charge in [0.2, 0.25) is 0 Å². The lowest BCUT2D eigenvalue weighted by atomic mass is 9.78. The van der Waals surface area contributed by atoms with E-state index in [0.717, 1.165) is 79.9 Å². The van der Waals surface area contributed by atoms with Gasteiger partial charge in [-0.25, -0.2) is 15.0 Å². The van der Waals surface area contributed by atoms with Crippen LogP contribution in [0, 0.1) is 5.41 Å². The molecule has 0 aliphatic carbocycles. The molecular formula is C27H30N6O. The molecule has 0 atom stereocenters. The summed E-state index contributed by atoms with van der Waals surface area (Å²) >= 11 is 0. The van der Waals surface area contributed by atoms with Crippen molar-refractivity contribution >= 4 is 11.5 Å². The number of imidazole rings is 1. The zero-order valence-electron chi connectivity index (χ0n) is 19.7. The van der Waals surface area contributed by atoms with Crippen molar-refractivity contribution in [3.8, 4) is 0 Å². The predicted octanol–water partition coefficient (Wildman–Crippen LogP) is 3.88. The zero-order chi connectivity index (χ0) is 23.0. The molecule has 6 rings (SSSR count). The second kappa shape index (κ2) is 8.80. The van der Waals surface area contributed by atoms with Crippen LogP contribution in [0.5, 0.6) is 0 Å². The number of hydrogen-bond donors (Lipinski definition) is 0. The second-order valence-electron chi connectivity index (χ2n) is 9.79. The molecule has 0 bridgehead atoms. The van der Waals surface area contributed by atoms with E-state index in [1.54, 1.807) is 0 Å². The fourth-order valence-corrected chi connectivity index (χ4v) is 4.93. The normalized spacial score (nSPS) is 16.6. The molecule has 2 fully saturated rings. The quantitative estimate of drug-likeness (QED) is 0.403. The maximum Gasteiger partial charge on any atom is 0.136 e. The summed E-state index contributed by atoms with van der Waals surface area (Å²) in [5, 5.41) is 0. The average molecular weight is 455 g/mol. The van der Waals surface area contributed by atoms with Gasteiger partial charge in [-0.05, 0) is 42.7 Å². The molecule has 0 radical (unpaired) electrons. The van der Waals surface area contributed by atoms with Gasteiger partial charge in [0, 0.05) is 55.6 Å². The van der Waals surface area contributed by atoms with Gasteiger partial charge >= 0.3 is 0 Å². The number of rotatable bonds is 8. The molecule has 2 aliphatic heterocycles. The van der Waals surface area contributed by atoms with Gasteiger partial charge in [-0.2, -0.15) is 0 Å². The summed E-state index contributed by atoms with van der Waals surface area (Å²) in [4.78, 5) is 21.6. The Bertz CT molecular complexity index is 1300. The molecular weight excluding hydrogens is 424 g/mol. The SMILES string of the molecule is CCCCc1cccc(Cc2nc(Cc3ccn4ccnc4c3)cc(N3CC4(COC4)C3)n2)n1. The fraction of sp³-hybridized carbons (Fsp3) is 0.407. The lowest BCUT2D eigenvalue weighted by molar-refractivity contribution is -0.127. The highest BCUT2D eigenvalue weighted by Crippen LogP contribution is 2.39. The minimum atomic E-state index is 0.339. The van der Waals surface area contributed by atoms with Crippen LogP contribution >= 0.6 is 0 Å². The summed E-state index contributed by atoms with van der Waals surface area (Å²) in [7, 11) is 0. The monoisotopic (exact) mass is 454 g/mol. The lowest BCUT2D eigenvalue weighted by Crippen LogP contribution is -2.66. The zero-order valence-corrected chi connectivity index (χ0v) is 19.7. The van der Waals surface area contributed by atoms with Gasteiger partial charge in [0.05, 0.1) is 30.7 Å². The molecule has 174 valence electrons. The van der Waals surface area contributed by atoms with E-state index in [1.165, 1.54) is 12.0 Å². The molecule has 7 nitrogen and oxygen atoms in total.